The number of nitrogens with one attached hydrogen (secondary N) is 1. The number of nitrogens with zero attached hydrogens (tertiary/aromatic N) is 2. The highest BCUT2D eigenvalue weighted by Crippen LogP contribution is 2.15. The number of hydrogen-bond acceptors (Lipinski definition) is 4. The standard InChI is InChI=1S/C20H23F2N3O2/c21-16-5-3-15(17(22)10-16)4-6-20(27)24-18-7-9-25(13-19(18)26)12-14-2-1-8-23-11-14/h1-3,5,8,10-11,18-19,26H,4,6-7,9,12-13H2,(H,24,27)/t18-,19-/m1/s1. The van der Waals surface area contributed by atoms with E-state index >= 15 is 0 Å². The first kappa shape index (κ1) is 19.4. The molecule has 0 radical (unpaired) electrons. The quantitative estimate of drug-likeness (QED) is 0.811. The third-order valence-electron chi connectivity index (χ3n) is 4.78. The Hall–Kier alpha value is -2.38. The monoisotopic (exact) mass is 375 g/mol. The van der Waals surface area contributed by atoms with Crippen LogP contribution in [0, 0.1) is 11.6 Å². The zero-order valence-corrected chi connectivity index (χ0v) is 14.9. The lowest BCUT2D eigenvalue weighted by Gasteiger charge is -2.36. The van der Waals surface area contributed by atoms with Crippen molar-refractivity contribution in [2.75, 3.05) is 13.1 Å². The Bertz CT molecular complexity index is 773. The van der Waals surface area contributed by atoms with Gasteiger partial charge in [-0.1, -0.05) is 12.1 Å². The zero-order valence-electron chi connectivity index (χ0n) is 14.9. The molecule has 2 atom stereocenters. The summed E-state index contributed by atoms with van der Waals surface area (Å²) in [6, 6.07) is 6.89. The average molecular weight is 375 g/mol. The molecule has 0 bridgehead atoms. The molecule has 1 aliphatic rings. The third kappa shape index (κ3) is 5.55. The van der Waals surface area contributed by atoms with Gasteiger partial charge in [-0.3, -0.25) is 14.7 Å². The Morgan fingerprint density at radius 2 is 2.19 bits per heavy atom. The lowest BCUT2D eigenvalue weighted by atomic mass is 10.0. The molecule has 27 heavy (non-hydrogen) atoms. The van der Waals surface area contributed by atoms with E-state index in [1.54, 1.807) is 12.4 Å². The number of carbonyl (C=O) groups excluding carboxylic acids is 1. The number of aryl methyl sites for hydroxylation is 1. The van der Waals surface area contributed by atoms with Crippen molar-refractivity contribution in [3.05, 3.63) is 65.5 Å². The molecule has 1 amide bonds. The van der Waals surface area contributed by atoms with E-state index in [0.717, 1.165) is 18.2 Å². The third-order valence-corrected chi connectivity index (χ3v) is 4.78. The van der Waals surface area contributed by atoms with Crippen molar-refractivity contribution >= 4 is 5.91 Å². The van der Waals surface area contributed by atoms with Gasteiger partial charge in [-0.05, 0) is 36.1 Å². The Morgan fingerprint density at radius 1 is 1.33 bits per heavy atom. The van der Waals surface area contributed by atoms with Crippen molar-refractivity contribution in [3.8, 4) is 0 Å². The first-order valence-corrected chi connectivity index (χ1v) is 9.04. The number of aromatic nitrogens is 1. The second-order valence-corrected chi connectivity index (χ2v) is 6.86. The van der Waals surface area contributed by atoms with E-state index in [-0.39, 0.29) is 24.8 Å². The van der Waals surface area contributed by atoms with Gasteiger partial charge in [0.25, 0.3) is 0 Å². The van der Waals surface area contributed by atoms with Crippen molar-refractivity contribution < 1.29 is 18.7 Å². The minimum absolute atomic E-state index is 0.0885. The van der Waals surface area contributed by atoms with Gasteiger partial charge in [-0.15, -0.1) is 0 Å². The normalized spacial score (nSPS) is 20.4. The van der Waals surface area contributed by atoms with Crippen LogP contribution in [0.15, 0.2) is 42.7 Å². The SMILES string of the molecule is O=C(CCc1ccc(F)cc1F)N[C@@H]1CCN(Cc2cccnc2)C[C@H]1O. The van der Waals surface area contributed by atoms with Crippen LogP contribution in [0.3, 0.4) is 0 Å². The van der Waals surface area contributed by atoms with Gasteiger partial charge in [0.2, 0.25) is 5.91 Å². The number of carbonyl (C=O) groups is 1. The topological polar surface area (TPSA) is 65.5 Å². The number of rotatable bonds is 6. The second-order valence-electron chi connectivity index (χ2n) is 6.86. The number of β-amino-alcohol motifs (C(OH)–C–C–N with tert-alkyl or cyclic N) is 1. The van der Waals surface area contributed by atoms with Gasteiger partial charge < -0.3 is 10.4 Å². The van der Waals surface area contributed by atoms with Crippen molar-refractivity contribution in [2.45, 2.75) is 38.0 Å². The number of pyridine rings is 1. The number of halogens is 2. The number of hydrogen-bond donors (Lipinski definition) is 2. The minimum Gasteiger partial charge on any atom is -0.390 e. The second kappa shape index (κ2) is 9.01. The van der Waals surface area contributed by atoms with Crippen LogP contribution in [0.2, 0.25) is 0 Å². The summed E-state index contributed by atoms with van der Waals surface area (Å²) in [5.74, 6) is -1.53. The Balaban J connectivity index is 1.45. The highest BCUT2D eigenvalue weighted by molar-refractivity contribution is 5.76. The highest BCUT2D eigenvalue weighted by atomic mass is 19.1. The molecular formula is C20H23F2N3O2. The number of amides is 1. The molecule has 144 valence electrons. The zero-order chi connectivity index (χ0) is 19.2. The summed E-state index contributed by atoms with van der Waals surface area (Å²) in [7, 11) is 0. The molecule has 2 N–H and O–H groups in total. The van der Waals surface area contributed by atoms with E-state index in [1.165, 1.54) is 12.1 Å². The van der Waals surface area contributed by atoms with E-state index in [0.29, 0.717) is 25.1 Å². The fourth-order valence-corrected chi connectivity index (χ4v) is 3.31. The lowest BCUT2D eigenvalue weighted by molar-refractivity contribution is -0.123. The minimum atomic E-state index is -0.665. The van der Waals surface area contributed by atoms with Crippen LogP contribution >= 0.6 is 0 Å². The summed E-state index contributed by atoms with van der Waals surface area (Å²) in [5, 5.41) is 13.2. The fraction of sp³-hybridized carbons (Fsp3) is 0.400. The van der Waals surface area contributed by atoms with E-state index in [1.807, 2.05) is 12.1 Å². The van der Waals surface area contributed by atoms with Crippen LogP contribution in [-0.2, 0) is 17.8 Å². The van der Waals surface area contributed by atoms with Crippen molar-refractivity contribution in [2.24, 2.45) is 0 Å². The number of piperidine rings is 1. The molecule has 0 saturated carbocycles. The maximum Gasteiger partial charge on any atom is 0.220 e. The molecule has 7 heteroatoms. The van der Waals surface area contributed by atoms with Gasteiger partial charge >= 0.3 is 0 Å². The lowest BCUT2D eigenvalue weighted by Crippen LogP contribution is -2.53. The van der Waals surface area contributed by atoms with Crippen LogP contribution in [0.25, 0.3) is 0 Å². The van der Waals surface area contributed by atoms with Crippen LogP contribution in [0.1, 0.15) is 24.0 Å². The van der Waals surface area contributed by atoms with E-state index in [9.17, 15) is 18.7 Å². The van der Waals surface area contributed by atoms with Gasteiger partial charge in [-0.25, -0.2) is 8.78 Å². The van der Waals surface area contributed by atoms with Gasteiger partial charge in [-0.2, -0.15) is 0 Å². The maximum absolute atomic E-state index is 13.6. The molecule has 2 aromatic rings. The highest BCUT2D eigenvalue weighted by Gasteiger charge is 2.28. The molecule has 1 aromatic heterocycles. The Labute approximate surface area is 157 Å². The molecule has 0 aliphatic carbocycles. The molecule has 1 fully saturated rings. The summed E-state index contributed by atoms with van der Waals surface area (Å²) in [5.41, 5.74) is 1.38. The summed E-state index contributed by atoms with van der Waals surface area (Å²) in [6.07, 6.45) is 3.77. The molecule has 0 unspecified atom stereocenters. The summed E-state index contributed by atoms with van der Waals surface area (Å²) in [6.45, 7) is 1.92. The number of benzene rings is 1. The average Bonchev–Trinajstić information content (AvgIpc) is 2.64. The maximum atomic E-state index is 13.6. The van der Waals surface area contributed by atoms with Crippen LogP contribution in [-0.4, -0.2) is 46.1 Å². The van der Waals surface area contributed by atoms with E-state index < -0.39 is 17.7 Å². The number of likely N-dealkylation sites (tertiary alicyclic amines) is 1. The number of aliphatic hydroxyl groups is 1. The molecule has 1 aromatic carbocycles. The Kier molecular flexibility index (Phi) is 6.47. The Morgan fingerprint density at radius 3 is 2.89 bits per heavy atom. The summed E-state index contributed by atoms with van der Waals surface area (Å²) < 4.78 is 26.5. The van der Waals surface area contributed by atoms with Crippen LogP contribution < -0.4 is 5.32 Å². The first-order chi connectivity index (χ1) is 13.0. The van der Waals surface area contributed by atoms with E-state index in [2.05, 4.69) is 15.2 Å². The largest absolute Gasteiger partial charge is 0.390 e. The first-order valence-electron chi connectivity index (χ1n) is 9.04. The summed E-state index contributed by atoms with van der Waals surface area (Å²) >= 11 is 0. The van der Waals surface area contributed by atoms with Gasteiger partial charge in [0, 0.05) is 44.5 Å². The van der Waals surface area contributed by atoms with Crippen LogP contribution in [0.4, 0.5) is 8.78 Å². The van der Waals surface area contributed by atoms with Crippen molar-refractivity contribution in [3.63, 3.8) is 0 Å². The number of aliphatic hydroxyl groups excluding tert-OH is 1. The molecule has 1 aliphatic heterocycles. The predicted octanol–water partition coefficient (Wildman–Crippen LogP) is 2.04. The van der Waals surface area contributed by atoms with Gasteiger partial charge in [0.15, 0.2) is 0 Å². The van der Waals surface area contributed by atoms with Crippen LogP contribution in [0.5, 0.6) is 0 Å². The molecule has 5 nitrogen and oxygen atoms in total. The molecule has 1 saturated heterocycles. The van der Waals surface area contributed by atoms with E-state index in [4.69, 9.17) is 0 Å². The van der Waals surface area contributed by atoms with Crippen molar-refractivity contribution in [1.29, 1.82) is 0 Å². The van der Waals surface area contributed by atoms with Gasteiger partial charge in [0.1, 0.15) is 11.6 Å². The molecule has 3 rings (SSSR count). The predicted molar refractivity (Wildman–Crippen MR) is 96.7 cm³/mol. The van der Waals surface area contributed by atoms with Crippen molar-refractivity contribution in [1.82, 2.24) is 15.2 Å². The summed E-state index contributed by atoms with van der Waals surface area (Å²) in [4.78, 5) is 18.3. The van der Waals surface area contributed by atoms with Gasteiger partial charge in [0.05, 0.1) is 12.1 Å². The molecule has 2 heterocycles. The fourth-order valence-electron chi connectivity index (χ4n) is 3.31. The smallest absolute Gasteiger partial charge is 0.220 e. The molecular weight excluding hydrogens is 352 g/mol. The molecule has 0 spiro atoms.